The van der Waals surface area contributed by atoms with Gasteiger partial charge in [0.15, 0.2) is 0 Å². The summed E-state index contributed by atoms with van der Waals surface area (Å²) in [6.07, 6.45) is 5.77. The number of rotatable bonds is 8. The van der Waals surface area contributed by atoms with E-state index in [9.17, 15) is 4.79 Å². The summed E-state index contributed by atoms with van der Waals surface area (Å²) >= 11 is 0. The maximum absolute atomic E-state index is 12.7. The maximum Gasteiger partial charge on any atom is 0.272 e. The van der Waals surface area contributed by atoms with Gasteiger partial charge in [-0.1, -0.05) is 0 Å². The highest BCUT2D eigenvalue weighted by molar-refractivity contribution is 5.92. The molecule has 0 saturated heterocycles. The second kappa shape index (κ2) is 9.64. The van der Waals surface area contributed by atoms with E-state index in [2.05, 4.69) is 20.3 Å². The largest absolute Gasteiger partial charge is 0.491 e. The van der Waals surface area contributed by atoms with Gasteiger partial charge in [0.25, 0.3) is 5.91 Å². The predicted octanol–water partition coefficient (Wildman–Crippen LogP) is 3.72. The molecular weight excluding hydrogens is 366 g/mol. The predicted molar refractivity (Wildman–Crippen MR) is 112 cm³/mol. The Kier molecular flexibility index (Phi) is 6.73. The highest BCUT2D eigenvalue weighted by Gasteiger charge is 2.14. The van der Waals surface area contributed by atoms with Crippen molar-refractivity contribution in [2.75, 3.05) is 18.9 Å². The summed E-state index contributed by atoms with van der Waals surface area (Å²) in [4.78, 5) is 26.7. The van der Waals surface area contributed by atoms with Crippen LogP contribution in [-0.2, 0) is 6.42 Å². The molecule has 1 aromatic carbocycles. The van der Waals surface area contributed by atoms with Gasteiger partial charge in [0.05, 0.1) is 6.10 Å². The van der Waals surface area contributed by atoms with E-state index in [0.29, 0.717) is 18.1 Å². The average molecular weight is 391 g/mol. The van der Waals surface area contributed by atoms with Crippen LogP contribution in [0, 0.1) is 0 Å². The van der Waals surface area contributed by atoms with Crippen LogP contribution in [0.25, 0.3) is 0 Å². The van der Waals surface area contributed by atoms with Crippen molar-refractivity contribution in [1.82, 2.24) is 19.9 Å². The zero-order valence-electron chi connectivity index (χ0n) is 16.9. The number of likely N-dealkylation sites (N-methyl/N-ethyl adjacent to an activating group) is 1. The van der Waals surface area contributed by atoms with Crippen LogP contribution in [0.1, 0.15) is 29.9 Å². The molecule has 1 amide bonds. The highest BCUT2D eigenvalue weighted by Crippen LogP contribution is 2.20. The summed E-state index contributed by atoms with van der Waals surface area (Å²) in [6.45, 7) is 4.56. The fraction of sp³-hybridized carbons (Fsp3) is 0.273. The normalized spacial score (nSPS) is 10.6. The molecule has 0 atom stereocenters. The van der Waals surface area contributed by atoms with Crippen LogP contribution >= 0.6 is 0 Å². The van der Waals surface area contributed by atoms with Crippen molar-refractivity contribution in [2.24, 2.45) is 0 Å². The second-order valence-corrected chi connectivity index (χ2v) is 6.94. The van der Waals surface area contributed by atoms with Gasteiger partial charge in [-0.2, -0.15) is 0 Å². The third-order valence-corrected chi connectivity index (χ3v) is 4.22. The molecule has 0 aliphatic carbocycles. The van der Waals surface area contributed by atoms with E-state index in [-0.39, 0.29) is 12.0 Å². The van der Waals surface area contributed by atoms with Crippen molar-refractivity contribution >= 4 is 17.4 Å². The van der Waals surface area contributed by atoms with Crippen LogP contribution in [-0.4, -0.2) is 45.5 Å². The molecule has 7 nitrogen and oxygen atoms in total. The first kappa shape index (κ1) is 20.3. The number of anilines is 2. The number of carbonyl (C=O) groups is 1. The zero-order chi connectivity index (χ0) is 20.6. The van der Waals surface area contributed by atoms with Crippen molar-refractivity contribution in [3.63, 3.8) is 0 Å². The van der Waals surface area contributed by atoms with E-state index in [1.54, 1.807) is 30.4 Å². The first-order valence-corrected chi connectivity index (χ1v) is 9.51. The lowest BCUT2D eigenvalue weighted by atomic mass is 10.2. The number of hydrogen-bond donors (Lipinski definition) is 1. The Bertz CT molecular complexity index is 929. The Hall–Kier alpha value is -3.48. The lowest BCUT2D eigenvalue weighted by Crippen LogP contribution is -2.29. The van der Waals surface area contributed by atoms with E-state index in [1.807, 2.05) is 50.2 Å². The molecule has 7 heteroatoms. The smallest absolute Gasteiger partial charge is 0.272 e. The number of amides is 1. The van der Waals surface area contributed by atoms with Gasteiger partial charge >= 0.3 is 0 Å². The van der Waals surface area contributed by atoms with Crippen molar-refractivity contribution in [3.8, 4) is 5.75 Å². The third kappa shape index (κ3) is 6.00. The van der Waals surface area contributed by atoms with Crippen molar-refractivity contribution < 1.29 is 9.53 Å². The molecule has 0 spiro atoms. The summed E-state index contributed by atoms with van der Waals surface area (Å²) in [6, 6.07) is 13.1. The molecule has 0 saturated carbocycles. The van der Waals surface area contributed by atoms with E-state index < -0.39 is 0 Å². The summed E-state index contributed by atoms with van der Waals surface area (Å²) in [5.74, 6) is 1.22. The van der Waals surface area contributed by atoms with Gasteiger partial charge in [0, 0.05) is 37.7 Å². The van der Waals surface area contributed by atoms with E-state index in [0.717, 1.165) is 23.4 Å². The lowest BCUT2D eigenvalue weighted by Gasteiger charge is -2.17. The number of benzene rings is 1. The molecule has 1 N–H and O–H groups in total. The molecule has 0 aliphatic rings. The molecule has 3 rings (SSSR count). The quantitative estimate of drug-likeness (QED) is 0.630. The monoisotopic (exact) mass is 391 g/mol. The van der Waals surface area contributed by atoms with Gasteiger partial charge in [0.1, 0.15) is 23.6 Å². The molecule has 150 valence electrons. The molecule has 0 aliphatic heterocycles. The number of carbonyl (C=O) groups excluding carboxylic acids is 1. The molecule has 29 heavy (non-hydrogen) atoms. The van der Waals surface area contributed by atoms with Gasteiger partial charge in [0.2, 0.25) is 0 Å². The number of hydrogen-bond acceptors (Lipinski definition) is 6. The molecule has 2 heterocycles. The van der Waals surface area contributed by atoms with Crippen LogP contribution in [0.2, 0.25) is 0 Å². The standard InChI is InChI=1S/C22H25N5O2/c1-16(2)29-19-6-4-18(5-7-19)26-21-14-20(24-15-25-21)22(28)27(3)13-10-17-8-11-23-12-9-17/h4-9,11-12,14-16H,10,13H2,1-3H3,(H,24,25,26). The third-order valence-electron chi connectivity index (χ3n) is 4.22. The highest BCUT2D eigenvalue weighted by atomic mass is 16.5. The maximum atomic E-state index is 12.7. The molecule has 3 aromatic rings. The first-order chi connectivity index (χ1) is 14.0. The number of nitrogens with zero attached hydrogens (tertiary/aromatic N) is 4. The lowest BCUT2D eigenvalue weighted by molar-refractivity contribution is 0.0790. The molecule has 0 bridgehead atoms. The molecule has 0 fully saturated rings. The van der Waals surface area contributed by atoms with Crippen LogP contribution in [0.4, 0.5) is 11.5 Å². The van der Waals surface area contributed by atoms with Gasteiger partial charge in [-0.15, -0.1) is 0 Å². The van der Waals surface area contributed by atoms with E-state index in [1.165, 1.54) is 6.33 Å². The molecule has 2 aromatic heterocycles. The molecule has 0 unspecified atom stereocenters. The van der Waals surface area contributed by atoms with E-state index in [4.69, 9.17) is 4.74 Å². The van der Waals surface area contributed by atoms with Crippen LogP contribution in [0.3, 0.4) is 0 Å². The minimum atomic E-state index is -0.148. The number of nitrogens with one attached hydrogen (secondary N) is 1. The number of pyridine rings is 1. The average Bonchev–Trinajstić information content (AvgIpc) is 2.73. The minimum absolute atomic E-state index is 0.125. The number of aromatic nitrogens is 3. The summed E-state index contributed by atoms with van der Waals surface area (Å²) in [5.41, 5.74) is 2.33. The second-order valence-electron chi connectivity index (χ2n) is 6.94. The zero-order valence-corrected chi connectivity index (χ0v) is 16.9. The van der Waals surface area contributed by atoms with Crippen LogP contribution in [0.15, 0.2) is 61.2 Å². The Labute approximate surface area is 170 Å². The molecule has 0 radical (unpaired) electrons. The van der Waals surface area contributed by atoms with Crippen molar-refractivity contribution in [1.29, 1.82) is 0 Å². The Balaban J connectivity index is 1.61. The van der Waals surface area contributed by atoms with Gasteiger partial charge < -0.3 is 15.0 Å². The summed E-state index contributed by atoms with van der Waals surface area (Å²) < 4.78 is 5.64. The van der Waals surface area contributed by atoms with Crippen LogP contribution < -0.4 is 10.1 Å². The topological polar surface area (TPSA) is 80.2 Å². The number of ether oxygens (including phenoxy) is 1. The minimum Gasteiger partial charge on any atom is -0.491 e. The van der Waals surface area contributed by atoms with Crippen molar-refractivity contribution in [2.45, 2.75) is 26.4 Å². The van der Waals surface area contributed by atoms with Crippen molar-refractivity contribution in [3.05, 3.63) is 72.4 Å². The Morgan fingerprint density at radius 2 is 1.83 bits per heavy atom. The van der Waals surface area contributed by atoms with Gasteiger partial charge in [-0.25, -0.2) is 9.97 Å². The summed E-state index contributed by atoms with van der Waals surface area (Å²) in [5, 5.41) is 3.19. The molecular formula is C22H25N5O2. The van der Waals surface area contributed by atoms with Gasteiger partial charge in [-0.3, -0.25) is 9.78 Å². The van der Waals surface area contributed by atoms with Gasteiger partial charge in [-0.05, 0) is 62.2 Å². The van der Waals surface area contributed by atoms with Crippen LogP contribution in [0.5, 0.6) is 5.75 Å². The summed E-state index contributed by atoms with van der Waals surface area (Å²) in [7, 11) is 1.77. The first-order valence-electron chi connectivity index (χ1n) is 9.51. The Morgan fingerprint density at radius 3 is 2.52 bits per heavy atom. The Morgan fingerprint density at radius 1 is 1.10 bits per heavy atom. The van der Waals surface area contributed by atoms with E-state index >= 15 is 0 Å². The fourth-order valence-corrected chi connectivity index (χ4v) is 2.72. The fourth-order valence-electron chi connectivity index (χ4n) is 2.72. The SMILES string of the molecule is CC(C)Oc1ccc(Nc2cc(C(=O)N(C)CCc3ccncc3)ncn2)cc1.